The van der Waals surface area contributed by atoms with E-state index in [0.717, 1.165) is 66.8 Å². The first-order valence-corrected chi connectivity index (χ1v) is 23.1. The Morgan fingerprint density at radius 1 is 0.299 bits per heavy atom. The van der Waals surface area contributed by atoms with Gasteiger partial charge < -0.3 is 9.32 Å². The summed E-state index contributed by atoms with van der Waals surface area (Å²) in [5.74, 6) is 0. The van der Waals surface area contributed by atoms with Crippen LogP contribution in [0.4, 0.5) is 17.1 Å². The van der Waals surface area contributed by atoms with Crippen LogP contribution in [0, 0.1) is 0 Å². The van der Waals surface area contributed by atoms with Gasteiger partial charge in [0.15, 0.2) is 5.58 Å². The van der Waals surface area contributed by atoms with Crippen molar-refractivity contribution in [3.8, 4) is 44.5 Å². The van der Waals surface area contributed by atoms with Gasteiger partial charge in [-0.1, -0.05) is 218 Å². The third-order valence-corrected chi connectivity index (χ3v) is 13.9. The van der Waals surface area contributed by atoms with Crippen molar-refractivity contribution in [2.45, 2.75) is 5.41 Å². The van der Waals surface area contributed by atoms with Gasteiger partial charge in [-0.2, -0.15) is 0 Å². The molecule has 1 heterocycles. The molecule has 0 radical (unpaired) electrons. The molecule has 314 valence electrons. The first kappa shape index (κ1) is 38.7. The van der Waals surface area contributed by atoms with E-state index in [2.05, 4.69) is 266 Å². The second kappa shape index (κ2) is 15.8. The SMILES string of the molecule is c1ccc(-c2cc(N(c3ccc(-c4ccc5ccccc5c4)cc3)c3ccc4c(c3)C(c3ccccc3)(c3ccccc3)c3ccccc3-4)c3oc4c(-c5ccccc5)cccc4c3c2)cc1. The van der Waals surface area contributed by atoms with Crippen molar-refractivity contribution in [1.82, 2.24) is 0 Å². The second-order valence-corrected chi connectivity index (χ2v) is 17.6. The molecule has 1 aromatic heterocycles. The van der Waals surface area contributed by atoms with Gasteiger partial charge in [-0.15, -0.1) is 0 Å². The van der Waals surface area contributed by atoms with Crippen LogP contribution in [0.5, 0.6) is 0 Å². The lowest BCUT2D eigenvalue weighted by Gasteiger charge is -2.35. The van der Waals surface area contributed by atoms with Crippen LogP contribution in [0.15, 0.2) is 265 Å². The molecular weight excluding hydrogens is 811 g/mol. The van der Waals surface area contributed by atoms with E-state index in [4.69, 9.17) is 4.42 Å². The van der Waals surface area contributed by atoms with Crippen molar-refractivity contribution < 1.29 is 4.42 Å². The highest BCUT2D eigenvalue weighted by molar-refractivity contribution is 6.15. The van der Waals surface area contributed by atoms with Gasteiger partial charge in [-0.3, -0.25) is 0 Å². The Labute approximate surface area is 390 Å². The van der Waals surface area contributed by atoms with Gasteiger partial charge in [0.05, 0.1) is 11.1 Å². The molecule has 0 spiro atoms. The van der Waals surface area contributed by atoms with Crippen molar-refractivity contribution in [2.24, 2.45) is 0 Å². The van der Waals surface area contributed by atoms with Gasteiger partial charge in [-0.25, -0.2) is 0 Å². The highest BCUT2D eigenvalue weighted by Crippen LogP contribution is 2.58. The van der Waals surface area contributed by atoms with Crippen molar-refractivity contribution in [2.75, 3.05) is 4.90 Å². The smallest absolute Gasteiger partial charge is 0.159 e. The maximum Gasteiger partial charge on any atom is 0.159 e. The van der Waals surface area contributed by atoms with E-state index in [1.165, 1.54) is 49.7 Å². The fourth-order valence-corrected chi connectivity index (χ4v) is 10.9. The predicted octanol–water partition coefficient (Wildman–Crippen LogP) is 17.6. The van der Waals surface area contributed by atoms with Crippen LogP contribution in [0.2, 0.25) is 0 Å². The van der Waals surface area contributed by atoms with E-state index in [0.29, 0.717) is 0 Å². The third kappa shape index (κ3) is 6.26. The molecule has 0 aliphatic heterocycles. The molecule has 2 nitrogen and oxygen atoms in total. The fourth-order valence-electron chi connectivity index (χ4n) is 10.9. The van der Waals surface area contributed by atoms with Gasteiger partial charge in [0, 0.05) is 27.7 Å². The van der Waals surface area contributed by atoms with Crippen LogP contribution >= 0.6 is 0 Å². The summed E-state index contributed by atoms with van der Waals surface area (Å²) < 4.78 is 7.30. The van der Waals surface area contributed by atoms with E-state index in [1.54, 1.807) is 0 Å². The van der Waals surface area contributed by atoms with E-state index >= 15 is 0 Å². The Morgan fingerprint density at radius 2 is 0.866 bits per heavy atom. The van der Waals surface area contributed by atoms with Crippen LogP contribution < -0.4 is 4.90 Å². The number of nitrogens with zero attached hydrogens (tertiary/aromatic N) is 1. The summed E-state index contributed by atoms with van der Waals surface area (Å²) in [5, 5.41) is 4.61. The molecule has 0 N–H and O–H groups in total. The minimum atomic E-state index is -0.568. The van der Waals surface area contributed by atoms with Crippen molar-refractivity contribution >= 4 is 49.8 Å². The number of hydrogen-bond acceptors (Lipinski definition) is 2. The van der Waals surface area contributed by atoms with Gasteiger partial charge in [0.1, 0.15) is 5.58 Å². The Hall–Kier alpha value is -8.72. The molecule has 0 fully saturated rings. The Kier molecular flexibility index (Phi) is 9.11. The number of hydrogen-bond donors (Lipinski definition) is 0. The highest BCUT2D eigenvalue weighted by atomic mass is 16.3. The Morgan fingerprint density at radius 3 is 1.60 bits per heavy atom. The molecule has 13 rings (SSSR count). The average molecular weight is 854 g/mol. The van der Waals surface area contributed by atoms with E-state index in [-0.39, 0.29) is 0 Å². The minimum Gasteiger partial charge on any atom is -0.453 e. The van der Waals surface area contributed by atoms with Crippen molar-refractivity contribution in [3.63, 3.8) is 0 Å². The molecular formula is C65H43NO. The monoisotopic (exact) mass is 853 g/mol. The summed E-state index contributed by atoms with van der Waals surface area (Å²) in [6.07, 6.45) is 0. The van der Waals surface area contributed by atoms with Crippen LogP contribution in [-0.4, -0.2) is 0 Å². The number of benzene rings is 11. The molecule has 0 unspecified atom stereocenters. The summed E-state index contributed by atoms with van der Waals surface area (Å²) >= 11 is 0. The summed E-state index contributed by atoms with van der Waals surface area (Å²) in [6.45, 7) is 0. The zero-order valence-corrected chi connectivity index (χ0v) is 36.7. The fraction of sp³-hybridized carbons (Fsp3) is 0.0154. The summed E-state index contributed by atoms with van der Waals surface area (Å²) in [6, 6.07) is 95.0. The molecule has 0 amide bonds. The molecule has 0 atom stereocenters. The lowest BCUT2D eigenvalue weighted by molar-refractivity contribution is 0.670. The van der Waals surface area contributed by atoms with Crippen LogP contribution in [0.25, 0.3) is 77.2 Å². The molecule has 2 heteroatoms. The Balaban J connectivity index is 1.10. The minimum absolute atomic E-state index is 0.568. The maximum atomic E-state index is 7.30. The number of anilines is 3. The number of rotatable bonds is 8. The first-order valence-electron chi connectivity index (χ1n) is 23.1. The standard InChI is InChI=1S/C65H43NO/c1-5-18-44(19-6-1)50-41-59-58-30-17-29-55(47-21-7-2-8-22-47)63(58)67-64(59)62(42-50)66(53-36-34-46(35-37-53)49-33-32-45-20-13-14-23-48(45)40-49)54-38-39-57-56-28-15-16-31-60(56)65(61(57)43-54,51-24-9-3-10-25-51)52-26-11-4-12-27-52/h1-43H. The molecule has 0 bridgehead atoms. The second-order valence-electron chi connectivity index (χ2n) is 17.6. The molecule has 0 saturated heterocycles. The van der Waals surface area contributed by atoms with Crippen LogP contribution in [-0.2, 0) is 5.41 Å². The zero-order valence-electron chi connectivity index (χ0n) is 36.7. The number of furan rings is 1. The number of fused-ring (bicyclic) bond motifs is 7. The van der Waals surface area contributed by atoms with E-state index in [1.807, 2.05) is 0 Å². The molecule has 1 aliphatic carbocycles. The van der Waals surface area contributed by atoms with Crippen molar-refractivity contribution in [3.05, 3.63) is 283 Å². The topological polar surface area (TPSA) is 16.4 Å². The quantitative estimate of drug-likeness (QED) is 0.151. The summed E-state index contributed by atoms with van der Waals surface area (Å²) in [4.78, 5) is 2.42. The maximum absolute atomic E-state index is 7.30. The molecule has 1 aliphatic rings. The lowest BCUT2D eigenvalue weighted by atomic mass is 9.67. The van der Waals surface area contributed by atoms with Gasteiger partial charge >= 0.3 is 0 Å². The highest BCUT2D eigenvalue weighted by Gasteiger charge is 2.46. The van der Waals surface area contributed by atoms with Crippen molar-refractivity contribution in [1.29, 1.82) is 0 Å². The summed E-state index contributed by atoms with van der Waals surface area (Å²) in [7, 11) is 0. The van der Waals surface area contributed by atoms with Gasteiger partial charge in [-0.05, 0) is 114 Å². The molecule has 0 saturated carbocycles. The van der Waals surface area contributed by atoms with Gasteiger partial charge in [0.2, 0.25) is 0 Å². The molecule has 12 aromatic rings. The van der Waals surface area contributed by atoms with E-state index in [9.17, 15) is 0 Å². The summed E-state index contributed by atoms with van der Waals surface area (Å²) in [5.41, 5.74) is 18.4. The Bertz CT molecular complexity index is 3740. The number of para-hydroxylation sites is 1. The van der Waals surface area contributed by atoms with Crippen LogP contribution in [0.1, 0.15) is 22.3 Å². The molecule has 67 heavy (non-hydrogen) atoms. The predicted molar refractivity (Wildman–Crippen MR) is 280 cm³/mol. The third-order valence-electron chi connectivity index (χ3n) is 13.9. The zero-order chi connectivity index (χ0) is 44.3. The van der Waals surface area contributed by atoms with Crippen LogP contribution in [0.3, 0.4) is 0 Å². The molecule has 11 aromatic carbocycles. The lowest BCUT2D eigenvalue weighted by Crippen LogP contribution is -2.28. The average Bonchev–Trinajstić information content (AvgIpc) is 3.94. The largest absolute Gasteiger partial charge is 0.453 e. The first-order chi connectivity index (χ1) is 33.2. The van der Waals surface area contributed by atoms with E-state index < -0.39 is 5.41 Å². The normalized spacial score (nSPS) is 12.6. The van der Waals surface area contributed by atoms with Gasteiger partial charge in [0.25, 0.3) is 0 Å².